The highest BCUT2D eigenvalue weighted by atomic mass is 79.9. The van der Waals surface area contributed by atoms with Crippen molar-refractivity contribution in [3.05, 3.63) is 51.8 Å². The predicted octanol–water partition coefficient (Wildman–Crippen LogP) is 3.57. The molecule has 2 saturated heterocycles. The number of nitrogens with zero attached hydrogens (tertiary/aromatic N) is 2. The van der Waals surface area contributed by atoms with E-state index in [9.17, 15) is 4.79 Å². The highest BCUT2D eigenvalue weighted by molar-refractivity contribution is 9.10. The van der Waals surface area contributed by atoms with Gasteiger partial charge < -0.3 is 14.8 Å². The zero-order valence-electron chi connectivity index (χ0n) is 14.5. The standard InChI is InChI=1S/C19H22BrN3O.ClH/c1-12-7-16(13(2)23(12)18-6-4-3-5-17(18)20)19(24)22-10-14-8-21-9-15(14)11-22;/h3-7,14-15,21H,8-11H2,1-2H3;1H/t14-,15+;. The number of aryl methyl sites for hydroxylation is 1. The summed E-state index contributed by atoms with van der Waals surface area (Å²) >= 11 is 3.62. The van der Waals surface area contributed by atoms with Gasteiger partial charge in [0, 0.05) is 42.0 Å². The van der Waals surface area contributed by atoms with Crippen molar-refractivity contribution in [2.45, 2.75) is 13.8 Å². The van der Waals surface area contributed by atoms with Crippen molar-refractivity contribution in [3.8, 4) is 5.69 Å². The van der Waals surface area contributed by atoms with Crippen LogP contribution in [0, 0.1) is 25.7 Å². The number of hydrogen-bond acceptors (Lipinski definition) is 2. The second-order valence-corrected chi connectivity index (χ2v) is 7.81. The molecule has 0 unspecified atom stereocenters. The van der Waals surface area contributed by atoms with Crippen LogP contribution in [0.25, 0.3) is 5.69 Å². The predicted molar refractivity (Wildman–Crippen MR) is 106 cm³/mol. The number of carbonyl (C=O) groups excluding carboxylic acids is 1. The molecule has 2 aliphatic rings. The molecule has 3 heterocycles. The third-order valence-electron chi connectivity index (χ3n) is 5.43. The van der Waals surface area contributed by atoms with Gasteiger partial charge in [0.1, 0.15) is 0 Å². The Morgan fingerprint density at radius 3 is 2.44 bits per heavy atom. The molecule has 25 heavy (non-hydrogen) atoms. The number of benzene rings is 1. The molecule has 2 aromatic rings. The fourth-order valence-corrected chi connectivity index (χ4v) is 4.64. The molecule has 4 rings (SSSR count). The van der Waals surface area contributed by atoms with Gasteiger partial charge in [-0.2, -0.15) is 0 Å². The van der Waals surface area contributed by atoms with Gasteiger partial charge in [0.15, 0.2) is 0 Å². The average molecular weight is 425 g/mol. The number of hydrogen-bond donors (Lipinski definition) is 1. The largest absolute Gasteiger partial charge is 0.338 e. The first-order valence-corrected chi connectivity index (χ1v) is 9.29. The maximum atomic E-state index is 13.1. The third kappa shape index (κ3) is 3.14. The van der Waals surface area contributed by atoms with E-state index < -0.39 is 0 Å². The smallest absolute Gasteiger partial charge is 0.255 e. The van der Waals surface area contributed by atoms with Crippen LogP contribution in [0.1, 0.15) is 21.7 Å². The van der Waals surface area contributed by atoms with Crippen molar-refractivity contribution < 1.29 is 4.79 Å². The van der Waals surface area contributed by atoms with Crippen molar-refractivity contribution in [2.75, 3.05) is 26.2 Å². The average Bonchev–Trinajstić information content (AvgIpc) is 3.22. The molecule has 0 spiro atoms. The molecule has 2 fully saturated rings. The third-order valence-corrected chi connectivity index (χ3v) is 6.10. The highest BCUT2D eigenvalue weighted by Gasteiger charge is 2.38. The van der Waals surface area contributed by atoms with Crippen LogP contribution in [0.5, 0.6) is 0 Å². The number of rotatable bonds is 2. The monoisotopic (exact) mass is 423 g/mol. The van der Waals surface area contributed by atoms with Gasteiger partial charge in [-0.3, -0.25) is 4.79 Å². The van der Waals surface area contributed by atoms with Gasteiger partial charge in [0.25, 0.3) is 5.91 Å². The highest BCUT2D eigenvalue weighted by Crippen LogP contribution is 2.30. The van der Waals surface area contributed by atoms with Crippen LogP contribution in [0.4, 0.5) is 0 Å². The molecule has 1 N–H and O–H groups in total. The van der Waals surface area contributed by atoms with E-state index in [1.165, 1.54) is 0 Å². The van der Waals surface area contributed by atoms with Gasteiger partial charge in [0.2, 0.25) is 0 Å². The van der Waals surface area contributed by atoms with Crippen LogP contribution in [-0.2, 0) is 0 Å². The Morgan fingerprint density at radius 2 is 1.80 bits per heavy atom. The number of fused-ring (bicyclic) bond motifs is 1. The van der Waals surface area contributed by atoms with Crippen LogP contribution in [-0.4, -0.2) is 41.6 Å². The summed E-state index contributed by atoms with van der Waals surface area (Å²) in [4.78, 5) is 15.1. The number of halogens is 2. The van der Waals surface area contributed by atoms with Gasteiger partial charge in [-0.25, -0.2) is 0 Å². The van der Waals surface area contributed by atoms with Gasteiger partial charge >= 0.3 is 0 Å². The van der Waals surface area contributed by atoms with Crippen LogP contribution < -0.4 is 5.32 Å². The Morgan fingerprint density at radius 1 is 1.16 bits per heavy atom. The molecule has 1 aromatic heterocycles. The Kier molecular flexibility index (Phi) is 5.28. The van der Waals surface area contributed by atoms with Gasteiger partial charge in [0.05, 0.1) is 11.3 Å². The molecule has 0 saturated carbocycles. The zero-order chi connectivity index (χ0) is 16.8. The molecule has 2 aliphatic heterocycles. The molecule has 1 amide bonds. The first kappa shape index (κ1) is 18.5. The minimum atomic E-state index is 0. The van der Waals surface area contributed by atoms with E-state index in [1.54, 1.807) is 0 Å². The van der Waals surface area contributed by atoms with Gasteiger partial charge in [-0.05, 0) is 59.8 Å². The van der Waals surface area contributed by atoms with E-state index in [0.717, 1.165) is 53.3 Å². The summed E-state index contributed by atoms with van der Waals surface area (Å²) in [7, 11) is 0. The lowest BCUT2D eigenvalue weighted by atomic mass is 10.0. The van der Waals surface area contributed by atoms with Crippen molar-refractivity contribution >= 4 is 34.2 Å². The van der Waals surface area contributed by atoms with Crippen LogP contribution >= 0.6 is 28.3 Å². The number of para-hydroxylation sites is 1. The molecular formula is C19H23BrClN3O. The summed E-state index contributed by atoms with van der Waals surface area (Å²) in [5.74, 6) is 1.43. The summed E-state index contributed by atoms with van der Waals surface area (Å²) in [5, 5.41) is 3.43. The van der Waals surface area contributed by atoms with E-state index in [4.69, 9.17) is 0 Å². The molecule has 1 aromatic carbocycles. The molecule has 6 heteroatoms. The Hall–Kier alpha value is -1.30. The second-order valence-electron chi connectivity index (χ2n) is 6.96. The quantitative estimate of drug-likeness (QED) is 0.800. The lowest BCUT2D eigenvalue weighted by Gasteiger charge is -2.18. The molecule has 0 aliphatic carbocycles. The molecule has 2 atom stereocenters. The number of carbonyl (C=O) groups is 1. The Bertz CT molecular complexity index is 792. The summed E-state index contributed by atoms with van der Waals surface area (Å²) in [6, 6.07) is 10.2. The first-order valence-electron chi connectivity index (χ1n) is 8.50. The fraction of sp³-hybridized carbons (Fsp3) is 0.421. The Balaban J connectivity index is 0.00000182. The van der Waals surface area contributed by atoms with Crippen molar-refractivity contribution in [1.82, 2.24) is 14.8 Å². The summed E-state index contributed by atoms with van der Waals surface area (Å²) in [5.41, 5.74) is 4.01. The van der Waals surface area contributed by atoms with Crippen molar-refractivity contribution in [1.29, 1.82) is 0 Å². The summed E-state index contributed by atoms with van der Waals surface area (Å²) in [6.07, 6.45) is 0. The minimum Gasteiger partial charge on any atom is -0.338 e. The lowest BCUT2D eigenvalue weighted by Crippen LogP contribution is -2.32. The maximum absolute atomic E-state index is 13.1. The minimum absolute atomic E-state index is 0. The molecule has 4 nitrogen and oxygen atoms in total. The summed E-state index contributed by atoms with van der Waals surface area (Å²) < 4.78 is 3.20. The van der Waals surface area contributed by atoms with Crippen LogP contribution in [0.2, 0.25) is 0 Å². The number of nitrogens with one attached hydrogen (secondary N) is 1. The Labute approximate surface area is 163 Å². The van der Waals surface area contributed by atoms with E-state index in [-0.39, 0.29) is 18.3 Å². The maximum Gasteiger partial charge on any atom is 0.255 e. The topological polar surface area (TPSA) is 37.3 Å². The lowest BCUT2D eigenvalue weighted by molar-refractivity contribution is 0.0781. The molecule has 0 radical (unpaired) electrons. The second kappa shape index (κ2) is 7.14. The van der Waals surface area contributed by atoms with E-state index in [1.807, 2.05) is 36.1 Å². The SMILES string of the molecule is Cc1cc(C(=O)N2C[C@H]3CNC[C@H]3C2)c(C)n1-c1ccccc1Br.Cl. The van der Waals surface area contributed by atoms with E-state index >= 15 is 0 Å². The van der Waals surface area contributed by atoms with Crippen molar-refractivity contribution in [3.63, 3.8) is 0 Å². The van der Waals surface area contributed by atoms with Crippen LogP contribution in [0.3, 0.4) is 0 Å². The normalized spacial score (nSPS) is 22.0. The zero-order valence-corrected chi connectivity index (χ0v) is 16.9. The van der Waals surface area contributed by atoms with E-state index in [2.05, 4.69) is 38.8 Å². The first-order chi connectivity index (χ1) is 11.6. The summed E-state index contributed by atoms with van der Waals surface area (Å²) in [6.45, 7) is 7.96. The fourth-order valence-electron chi connectivity index (χ4n) is 4.17. The number of amides is 1. The molecule has 134 valence electrons. The van der Waals surface area contributed by atoms with Gasteiger partial charge in [-0.1, -0.05) is 12.1 Å². The van der Waals surface area contributed by atoms with Crippen molar-refractivity contribution in [2.24, 2.45) is 11.8 Å². The molecule has 0 bridgehead atoms. The van der Waals surface area contributed by atoms with Gasteiger partial charge in [-0.15, -0.1) is 12.4 Å². The number of likely N-dealkylation sites (tertiary alicyclic amines) is 1. The molecular weight excluding hydrogens is 402 g/mol. The van der Waals surface area contributed by atoms with E-state index in [0.29, 0.717) is 11.8 Å². The number of aromatic nitrogens is 1. The van der Waals surface area contributed by atoms with Crippen LogP contribution in [0.15, 0.2) is 34.8 Å².